The van der Waals surface area contributed by atoms with E-state index in [-0.39, 0.29) is 6.04 Å². The zero-order valence-electron chi connectivity index (χ0n) is 14.2. The Hall–Kier alpha value is -0.540. The quantitative estimate of drug-likeness (QED) is 0.280. The smallest absolute Gasteiger partial charge is 0.204 e. The number of rotatable bonds is 7. The molecule has 0 aromatic heterocycles. The number of azo groups is 1. The van der Waals surface area contributed by atoms with Crippen LogP contribution < -0.4 is 0 Å². The summed E-state index contributed by atoms with van der Waals surface area (Å²) in [6, 6.07) is 16.8. The van der Waals surface area contributed by atoms with E-state index in [2.05, 4.69) is 118 Å². The molecule has 2 rings (SSSR count). The van der Waals surface area contributed by atoms with Crippen molar-refractivity contribution in [3.8, 4) is 0 Å². The van der Waals surface area contributed by atoms with Crippen LogP contribution in [-0.2, 0) is 10.5 Å². The van der Waals surface area contributed by atoms with Gasteiger partial charge in [0.05, 0.1) is 6.04 Å². The molecular weight excluding hydrogens is 526 g/mol. The second kappa shape index (κ2) is 9.24. The van der Waals surface area contributed by atoms with Gasteiger partial charge in [-0.3, -0.25) is 0 Å². The highest BCUT2D eigenvalue weighted by Crippen LogP contribution is 2.33. The van der Waals surface area contributed by atoms with E-state index in [1.165, 1.54) is 12.7 Å². The third-order valence-electron chi connectivity index (χ3n) is 4.11. The number of hydrogen-bond acceptors (Lipinski definition) is 3. The molecule has 0 bridgehead atoms. The summed E-state index contributed by atoms with van der Waals surface area (Å²) in [5.41, 5.74) is 1.50. The van der Waals surface area contributed by atoms with E-state index in [0.717, 1.165) is 18.4 Å². The summed E-state index contributed by atoms with van der Waals surface area (Å²) in [5.74, 6) is 0. The van der Waals surface area contributed by atoms with Gasteiger partial charge in [-0.05, 0) is 81.4 Å². The van der Waals surface area contributed by atoms with Crippen molar-refractivity contribution in [2.24, 2.45) is 10.2 Å². The van der Waals surface area contributed by atoms with Crippen molar-refractivity contribution >= 4 is 45.2 Å². The molecule has 0 saturated heterocycles. The van der Waals surface area contributed by atoms with Gasteiger partial charge in [-0.15, -0.1) is 0 Å². The van der Waals surface area contributed by atoms with Crippen molar-refractivity contribution in [1.82, 2.24) is 0 Å². The van der Waals surface area contributed by atoms with E-state index in [4.69, 9.17) is 4.74 Å². The first-order valence-electron chi connectivity index (χ1n) is 8.03. The molecule has 2 unspecified atom stereocenters. The van der Waals surface area contributed by atoms with Crippen LogP contribution in [0.4, 0.5) is 0 Å². The molecule has 0 heterocycles. The Balaban J connectivity index is 2.32. The molecule has 2 atom stereocenters. The summed E-state index contributed by atoms with van der Waals surface area (Å²) in [4.78, 5) is 0. The summed E-state index contributed by atoms with van der Waals surface area (Å²) in [5, 5.41) is 9.31. The molecule has 2 aromatic rings. The number of hydrogen-bond donors (Lipinski definition) is 0. The molecule has 128 valence electrons. The Morgan fingerprint density at radius 1 is 0.958 bits per heavy atom. The Kier molecular flexibility index (Phi) is 7.61. The predicted molar refractivity (Wildman–Crippen MR) is 115 cm³/mol. The number of benzene rings is 2. The van der Waals surface area contributed by atoms with Crippen LogP contribution in [0.25, 0.3) is 0 Å². The summed E-state index contributed by atoms with van der Waals surface area (Å²) in [6.45, 7) is 4.21. The average molecular weight is 548 g/mol. The normalized spacial score (nSPS) is 15.4. The van der Waals surface area contributed by atoms with Crippen molar-refractivity contribution in [2.75, 3.05) is 7.11 Å². The van der Waals surface area contributed by atoms with Crippen molar-refractivity contribution in [3.05, 3.63) is 66.8 Å². The largest absolute Gasteiger partial charge is 0.352 e. The lowest BCUT2D eigenvalue weighted by Crippen LogP contribution is -2.25. The van der Waals surface area contributed by atoms with Crippen LogP contribution in [0.2, 0.25) is 0 Å². The van der Waals surface area contributed by atoms with Gasteiger partial charge in [0.2, 0.25) is 5.72 Å². The van der Waals surface area contributed by atoms with Gasteiger partial charge < -0.3 is 4.74 Å². The highest BCUT2D eigenvalue weighted by atomic mass is 127. The highest BCUT2D eigenvalue weighted by Gasteiger charge is 2.30. The Morgan fingerprint density at radius 3 is 1.96 bits per heavy atom. The number of methoxy groups -OCH3 is 1. The zero-order chi connectivity index (χ0) is 17.6. The van der Waals surface area contributed by atoms with Gasteiger partial charge >= 0.3 is 0 Å². The van der Waals surface area contributed by atoms with Crippen LogP contribution in [0.3, 0.4) is 0 Å². The van der Waals surface area contributed by atoms with Crippen LogP contribution >= 0.6 is 45.2 Å². The number of halogens is 2. The third-order valence-corrected chi connectivity index (χ3v) is 5.55. The molecule has 3 nitrogen and oxygen atoms in total. The molecule has 0 aliphatic rings. The van der Waals surface area contributed by atoms with Gasteiger partial charge in [-0.1, -0.05) is 38.1 Å². The first-order valence-corrected chi connectivity index (χ1v) is 10.2. The first-order chi connectivity index (χ1) is 11.5. The van der Waals surface area contributed by atoms with E-state index in [1.807, 2.05) is 0 Å². The lowest BCUT2D eigenvalue weighted by molar-refractivity contribution is -0.0183. The minimum absolute atomic E-state index is 0.0481. The molecule has 0 aliphatic heterocycles. The maximum Gasteiger partial charge on any atom is 0.204 e. The molecule has 5 heteroatoms. The van der Waals surface area contributed by atoms with E-state index in [9.17, 15) is 0 Å². The number of ether oxygens (including phenoxy) is 1. The third kappa shape index (κ3) is 4.76. The second-order valence-electron chi connectivity index (χ2n) is 5.54. The Labute approximate surface area is 171 Å². The van der Waals surface area contributed by atoms with Gasteiger partial charge in [-0.25, -0.2) is 0 Å². The number of nitrogens with zero attached hydrogens (tertiary/aromatic N) is 2. The van der Waals surface area contributed by atoms with E-state index >= 15 is 0 Å². The Bertz CT molecular complexity index is 665. The van der Waals surface area contributed by atoms with Crippen LogP contribution in [0, 0.1) is 7.14 Å². The average Bonchev–Trinajstić information content (AvgIpc) is 2.61. The molecule has 2 aromatic carbocycles. The maximum atomic E-state index is 5.80. The van der Waals surface area contributed by atoms with E-state index in [0.29, 0.717) is 0 Å². The lowest BCUT2D eigenvalue weighted by atomic mass is 10.0. The van der Waals surface area contributed by atoms with E-state index < -0.39 is 5.72 Å². The van der Waals surface area contributed by atoms with Gasteiger partial charge in [0, 0.05) is 26.2 Å². The second-order valence-corrected chi connectivity index (χ2v) is 8.03. The van der Waals surface area contributed by atoms with Crippen molar-refractivity contribution in [1.29, 1.82) is 0 Å². The molecule has 0 aliphatic carbocycles. The van der Waals surface area contributed by atoms with E-state index in [1.54, 1.807) is 7.11 Å². The first kappa shape index (κ1) is 19.8. The molecule has 0 saturated carbocycles. The predicted octanol–water partition coefficient (Wildman–Crippen LogP) is 6.71. The molecule has 0 amide bonds. The van der Waals surface area contributed by atoms with Crippen LogP contribution in [0.1, 0.15) is 43.9 Å². The van der Waals surface area contributed by atoms with Gasteiger partial charge in [0.25, 0.3) is 0 Å². The fraction of sp³-hybridized carbons (Fsp3) is 0.368. The molecule has 0 spiro atoms. The lowest BCUT2D eigenvalue weighted by Gasteiger charge is -2.27. The summed E-state index contributed by atoms with van der Waals surface area (Å²) >= 11 is 4.62. The topological polar surface area (TPSA) is 34.0 Å². The maximum absolute atomic E-state index is 5.80. The highest BCUT2D eigenvalue weighted by molar-refractivity contribution is 14.1. The summed E-state index contributed by atoms with van der Waals surface area (Å²) in [7, 11) is 1.70. The van der Waals surface area contributed by atoms with Crippen molar-refractivity contribution < 1.29 is 4.74 Å². The molecule has 0 N–H and O–H groups in total. The van der Waals surface area contributed by atoms with Crippen molar-refractivity contribution in [3.63, 3.8) is 0 Å². The molecular formula is C19H22I2N2O. The molecule has 0 radical (unpaired) electrons. The SMILES string of the molecule is CCC(/N=N/C(CC)(OC)c1ccc(I)cc1)c1ccc(I)cc1. The fourth-order valence-electron chi connectivity index (χ4n) is 2.58. The molecule has 24 heavy (non-hydrogen) atoms. The van der Waals surface area contributed by atoms with Gasteiger partial charge in [-0.2, -0.15) is 10.2 Å². The molecule has 0 fully saturated rings. The van der Waals surface area contributed by atoms with Crippen LogP contribution in [-0.4, -0.2) is 7.11 Å². The van der Waals surface area contributed by atoms with Crippen LogP contribution in [0.15, 0.2) is 58.8 Å². The standard InChI is InChI=1S/C19H22I2N2O/c1-4-18(14-6-10-16(20)11-7-14)22-23-19(5-2,24-3)15-8-12-17(21)13-9-15/h6-13,18H,4-5H2,1-3H3/b23-22+. The Morgan fingerprint density at radius 2 is 1.50 bits per heavy atom. The monoisotopic (exact) mass is 548 g/mol. The minimum atomic E-state index is -0.721. The fourth-order valence-corrected chi connectivity index (χ4v) is 3.30. The van der Waals surface area contributed by atoms with Gasteiger partial charge in [0.1, 0.15) is 0 Å². The summed E-state index contributed by atoms with van der Waals surface area (Å²) in [6.07, 6.45) is 1.64. The van der Waals surface area contributed by atoms with Gasteiger partial charge in [0.15, 0.2) is 0 Å². The summed E-state index contributed by atoms with van der Waals surface area (Å²) < 4.78 is 8.22. The zero-order valence-corrected chi connectivity index (χ0v) is 18.5. The van der Waals surface area contributed by atoms with Crippen LogP contribution in [0.5, 0.6) is 0 Å². The minimum Gasteiger partial charge on any atom is -0.352 e. The van der Waals surface area contributed by atoms with Crippen molar-refractivity contribution in [2.45, 2.75) is 38.5 Å².